The molecule has 20 heavy (non-hydrogen) atoms. The lowest BCUT2D eigenvalue weighted by molar-refractivity contribution is 0.0668. The Labute approximate surface area is 121 Å². The molecule has 4 nitrogen and oxygen atoms in total. The average Bonchev–Trinajstić information content (AvgIpc) is 2.46. The van der Waals surface area contributed by atoms with Gasteiger partial charge in [0.05, 0.1) is 19.8 Å². The molecule has 1 aliphatic rings. The van der Waals surface area contributed by atoms with Crippen LogP contribution in [0.15, 0.2) is 18.2 Å². The number of methoxy groups -OCH3 is 1. The van der Waals surface area contributed by atoms with Gasteiger partial charge >= 0.3 is 0 Å². The first-order chi connectivity index (χ1) is 9.72. The van der Waals surface area contributed by atoms with Gasteiger partial charge in [0.1, 0.15) is 0 Å². The molecule has 1 aromatic rings. The normalized spacial score (nSPS) is 19.9. The summed E-state index contributed by atoms with van der Waals surface area (Å²) in [4.78, 5) is 2.29. The van der Waals surface area contributed by atoms with E-state index in [1.54, 1.807) is 7.11 Å². The van der Waals surface area contributed by atoms with E-state index in [2.05, 4.69) is 17.9 Å². The molecular formula is C16H25NO3. The second kappa shape index (κ2) is 7.50. The first-order valence-corrected chi connectivity index (χ1v) is 7.43. The third-order valence-electron chi connectivity index (χ3n) is 3.58. The monoisotopic (exact) mass is 279 g/mol. The standard InChI is InChI=1S/C16H25NO3/c1-3-9-20-15-7-6-13(10-16(15)19-2)11-17-8-4-5-14(18)12-17/h6-7,10,14,18H,3-5,8-9,11-12H2,1-2H3. The van der Waals surface area contributed by atoms with Crippen LogP contribution in [0.3, 0.4) is 0 Å². The molecule has 1 atom stereocenters. The fourth-order valence-corrected chi connectivity index (χ4v) is 2.57. The number of likely N-dealkylation sites (tertiary alicyclic amines) is 1. The number of aliphatic hydroxyl groups is 1. The lowest BCUT2D eigenvalue weighted by Gasteiger charge is -2.30. The van der Waals surface area contributed by atoms with E-state index in [1.807, 2.05) is 12.1 Å². The van der Waals surface area contributed by atoms with Gasteiger partial charge in [0.15, 0.2) is 11.5 Å². The number of nitrogens with zero attached hydrogens (tertiary/aromatic N) is 1. The lowest BCUT2D eigenvalue weighted by Crippen LogP contribution is -2.37. The van der Waals surface area contributed by atoms with Crippen LogP contribution in [0.2, 0.25) is 0 Å². The van der Waals surface area contributed by atoms with Crippen molar-refractivity contribution in [2.45, 2.75) is 38.8 Å². The first kappa shape index (κ1) is 15.1. The van der Waals surface area contributed by atoms with Crippen molar-refractivity contribution in [2.75, 3.05) is 26.8 Å². The second-order valence-corrected chi connectivity index (χ2v) is 5.36. The Morgan fingerprint density at radius 2 is 2.20 bits per heavy atom. The number of ether oxygens (including phenoxy) is 2. The van der Waals surface area contributed by atoms with Gasteiger partial charge in [0.2, 0.25) is 0 Å². The molecule has 1 unspecified atom stereocenters. The number of hydrogen-bond acceptors (Lipinski definition) is 4. The summed E-state index contributed by atoms with van der Waals surface area (Å²) in [5.74, 6) is 1.59. The number of hydrogen-bond donors (Lipinski definition) is 1. The summed E-state index contributed by atoms with van der Waals surface area (Å²) < 4.78 is 11.1. The zero-order valence-corrected chi connectivity index (χ0v) is 12.5. The van der Waals surface area contributed by atoms with Crippen LogP contribution in [0.4, 0.5) is 0 Å². The summed E-state index contributed by atoms with van der Waals surface area (Å²) in [6.45, 7) is 5.45. The molecule has 1 fully saturated rings. The van der Waals surface area contributed by atoms with Crippen molar-refractivity contribution in [3.63, 3.8) is 0 Å². The highest BCUT2D eigenvalue weighted by Gasteiger charge is 2.18. The number of rotatable bonds is 6. The minimum atomic E-state index is -0.183. The van der Waals surface area contributed by atoms with E-state index >= 15 is 0 Å². The highest BCUT2D eigenvalue weighted by molar-refractivity contribution is 5.43. The van der Waals surface area contributed by atoms with Crippen LogP contribution < -0.4 is 9.47 Å². The maximum atomic E-state index is 9.71. The number of benzene rings is 1. The van der Waals surface area contributed by atoms with Gasteiger partial charge in [-0.25, -0.2) is 0 Å². The molecule has 0 aromatic heterocycles. The highest BCUT2D eigenvalue weighted by Crippen LogP contribution is 2.29. The minimum absolute atomic E-state index is 0.183. The molecule has 0 amide bonds. The zero-order chi connectivity index (χ0) is 14.4. The van der Waals surface area contributed by atoms with Gasteiger partial charge in [-0.2, -0.15) is 0 Å². The summed E-state index contributed by atoms with van der Waals surface area (Å²) in [5, 5.41) is 9.71. The van der Waals surface area contributed by atoms with Gasteiger partial charge in [0, 0.05) is 13.1 Å². The molecule has 0 bridgehead atoms. The quantitative estimate of drug-likeness (QED) is 0.868. The Bertz CT molecular complexity index is 422. The second-order valence-electron chi connectivity index (χ2n) is 5.36. The van der Waals surface area contributed by atoms with Gasteiger partial charge < -0.3 is 14.6 Å². The van der Waals surface area contributed by atoms with Crippen LogP contribution in [-0.2, 0) is 6.54 Å². The molecule has 0 radical (unpaired) electrons. The van der Waals surface area contributed by atoms with Gasteiger partial charge in [-0.3, -0.25) is 4.90 Å². The van der Waals surface area contributed by atoms with E-state index in [1.165, 1.54) is 5.56 Å². The molecule has 2 rings (SSSR count). The van der Waals surface area contributed by atoms with E-state index in [0.717, 1.165) is 50.4 Å². The van der Waals surface area contributed by atoms with Crippen molar-refractivity contribution in [3.05, 3.63) is 23.8 Å². The Hall–Kier alpha value is -1.26. The minimum Gasteiger partial charge on any atom is -0.493 e. The topological polar surface area (TPSA) is 41.9 Å². The fraction of sp³-hybridized carbons (Fsp3) is 0.625. The van der Waals surface area contributed by atoms with Gasteiger partial charge in [0.25, 0.3) is 0 Å². The molecular weight excluding hydrogens is 254 g/mol. The highest BCUT2D eigenvalue weighted by atomic mass is 16.5. The summed E-state index contributed by atoms with van der Waals surface area (Å²) >= 11 is 0. The van der Waals surface area contributed by atoms with Gasteiger partial charge in [-0.05, 0) is 43.5 Å². The lowest BCUT2D eigenvalue weighted by atomic mass is 10.1. The summed E-state index contributed by atoms with van der Waals surface area (Å²) in [6.07, 6.45) is 2.79. The summed E-state index contributed by atoms with van der Waals surface area (Å²) in [5.41, 5.74) is 1.19. The van der Waals surface area contributed by atoms with E-state index in [-0.39, 0.29) is 6.10 Å². The largest absolute Gasteiger partial charge is 0.493 e. The van der Waals surface area contributed by atoms with E-state index < -0.39 is 0 Å². The van der Waals surface area contributed by atoms with Crippen LogP contribution in [0.25, 0.3) is 0 Å². The molecule has 1 aromatic carbocycles. The predicted molar refractivity (Wildman–Crippen MR) is 79.3 cm³/mol. The zero-order valence-electron chi connectivity index (χ0n) is 12.5. The van der Waals surface area contributed by atoms with Crippen molar-refractivity contribution < 1.29 is 14.6 Å². The fourth-order valence-electron chi connectivity index (χ4n) is 2.57. The molecule has 4 heteroatoms. The van der Waals surface area contributed by atoms with Crippen LogP contribution in [0, 0.1) is 0 Å². The Morgan fingerprint density at radius 3 is 2.90 bits per heavy atom. The van der Waals surface area contributed by atoms with E-state index in [9.17, 15) is 5.11 Å². The van der Waals surface area contributed by atoms with E-state index in [0.29, 0.717) is 6.61 Å². The number of piperidine rings is 1. The van der Waals surface area contributed by atoms with Crippen molar-refractivity contribution in [1.82, 2.24) is 4.90 Å². The van der Waals surface area contributed by atoms with Crippen molar-refractivity contribution in [2.24, 2.45) is 0 Å². The Kier molecular flexibility index (Phi) is 5.68. The molecule has 112 valence electrons. The van der Waals surface area contributed by atoms with Crippen molar-refractivity contribution in [1.29, 1.82) is 0 Å². The SMILES string of the molecule is CCCOc1ccc(CN2CCCC(O)C2)cc1OC. The van der Waals surface area contributed by atoms with Crippen LogP contribution >= 0.6 is 0 Å². The third kappa shape index (κ3) is 4.12. The van der Waals surface area contributed by atoms with Crippen molar-refractivity contribution in [3.8, 4) is 11.5 Å². The van der Waals surface area contributed by atoms with Crippen LogP contribution in [0.5, 0.6) is 11.5 Å². The number of aliphatic hydroxyl groups excluding tert-OH is 1. The molecule has 1 saturated heterocycles. The number of β-amino-alcohol motifs (C(OH)–C–C–N with tert-alkyl or cyclic N) is 1. The average molecular weight is 279 g/mol. The van der Waals surface area contributed by atoms with Crippen molar-refractivity contribution >= 4 is 0 Å². The van der Waals surface area contributed by atoms with E-state index in [4.69, 9.17) is 9.47 Å². The first-order valence-electron chi connectivity index (χ1n) is 7.43. The smallest absolute Gasteiger partial charge is 0.161 e. The molecule has 0 spiro atoms. The molecule has 0 saturated carbocycles. The third-order valence-corrected chi connectivity index (χ3v) is 3.58. The maximum Gasteiger partial charge on any atom is 0.161 e. The molecule has 0 aliphatic carbocycles. The Balaban J connectivity index is 2.01. The molecule has 1 aliphatic heterocycles. The van der Waals surface area contributed by atoms with Crippen LogP contribution in [-0.4, -0.2) is 42.9 Å². The predicted octanol–water partition coefficient (Wildman–Crippen LogP) is 2.44. The maximum absolute atomic E-state index is 9.71. The van der Waals surface area contributed by atoms with Gasteiger partial charge in [-0.15, -0.1) is 0 Å². The Morgan fingerprint density at radius 1 is 1.35 bits per heavy atom. The summed E-state index contributed by atoms with van der Waals surface area (Å²) in [6, 6.07) is 6.09. The molecule has 1 heterocycles. The molecule has 1 N–H and O–H groups in total. The summed E-state index contributed by atoms with van der Waals surface area (Å²) in [7, 11) is 1.67. The van der Waals surface area contributed by atoms with Crippen LogP contribution in [0.1, 0.15) is 31.7 Å². The van der Waals surface area contributed by atoms with Gasteiger partial charge in [-0.1, -0.05) is 13.0 Å².